The molecule has 7 heteroatoms. The zero-order valence-electron chi connectivity index (χ0n) is 18.4. The van der Waals surface area contributed by atoms with E-state index in [-0.39, 0.29) is 18.4 Å². The zero-order valence-corrected chi connectivity index (χ0v) is 19.1. The van der Waals surface area contributed by atoms with Gasteiger partial charge in [0.2, 0.25) is 5.91 Å². The van der Waals surface area contributed by atoms with Gasteiger partial charge in [-0.3, -0.25) is 4.79 Å². The van der Waals surface area contributed by atoms with E-state index >= 15 is 0 Å². The molecule has 0 spiro atoms. The molecule has 0 radical (unpaired) electrons. The number of amides is 1. The van der Waals surface area contributed by atoms with Crippen LogP contribution in [0.15, 0.2) is 59.1 Å². The monoisotopic (exact) mass is 453 g/mol. The minimum Gasteiger partial charge on any atom is -0.485 e. The van der Waals surface area contributed by atoms with Crippen molar-refractivity contribution in [2.24, 2.45) is 5.92 Å². The van der Waals surface area contributed by atoms with Gasteiger partial charge in [0, 0.05) is 28.6 Å². The van der Waals surface area contributed by atoms with E-state index in [9.17, 15) is 4.79 Å². The maximum atomic E-state index is 12.8. The first-order valence-corrected chi connectivity index (χ1v) is 11.4. The smallest absolute Gasteiger partial charge is 0.227 e. The van der Waals surface area contributed by atoms with Crippen LogP contribution < -0.4 is 10.1 Å². The number of anilines is 1. The molecule has 0 unspecified atom stereocenters. The summed E-state index contributed by atoms with van der Waals surface area (Å²) in [5.41, 5.74) is 2.23. The predicted molar refractivity (Wildman–Crippen MR) is 126 cm³/mol. The van der Waals surface area contributed by atoms with Crippen molar-refractivity contribution >= 4 is 23.2 Å². The minimum absolute atomic E-state index is 0.0236. The van der Waals surface area contributed by atoms with E-state index < -0.39 is 0 Å². The number of nitrogens with one attached hydrogen (secondary N) is 1. The molecule has 4 rings (SSSR count). The van der Waals surface area contributed by atoms with Crippen molar-refractivity contribution in [1.82, 2.24) is 10.1 Å². The molecule has 32 heavy (non-hydrogen) atoms. The minimum atomic E-state index is 0.0236. The summed E-state index contributed by atoms with van der Waals surface area (Å²) in [4.78, 5) is 15.2. The molecule has 1 aliphatic rings. The highest BCUT2D eigenvalue weighted by atomic mass is 35.5. The first kappa shape index (κ1) is 22.4. The number of para-hydroxylation sites is 2. The van der Waals surface area contributed by atoms with Crippen LogP contribution in [0.25, 0.3) is 11.3 Å². The highest BCUT2D eigenvalue weighted by molar-refractivity contribution is 6.30. The molecule has 0 bridgehead atoms. The van der Waals surface area contributed by atoms with Crippen LogP contribution in [0.2, 0.25) is 5.02 Å². The van der Waals surface area contributed by atoms with Crippen molar-refractivity contribution < 1.29 is 14.1 Å². The number of rotatable bonds is 7. The van der Waals surface area contributed by atoms with Gasteiger partial charge in [0.15, 0.2) is 5.76 Å². The van der Waals surface area contributed by atoms with Gasteiger partial charge in [0.1, 0.15) is 18.1 Å². The average Bonchev–Trinajstić information content (AvgIpc) is 3.28. The topological polar surface area (TPSA) is 67.6 Å². The number of benzene rings is 2. The number of carbonyl (C=O) groups excluding carboxylic acids is 1. The lowest BCUT2D eigenvalue weighted by molar-refractivity contribution is -0.121. The summed E-state index contributed by atoms with van der Waals surface area (Å²) < 4.78 is 11.4. The van der Waals surface area contributed by atoms with Gasteiger partial charge in [-0.05, 0) is 76.2 Å². The van der Waals surface area contributed by atoms with Gasteiger partial charge >= 0.3 is 0 Å². The average molecular weight is 454 g/mol. The predicted octanol–water partition coefficient (Wildman–Crippen LogP) is 5.63. The number of hydrogen-bond donors (Lipinski definition) is 1. The van der Waals surface area contributed by atoms with Crippen molar-refractivity contribution in [3.63, 3.8) is 0 Å². The van der Waals surface area contributed by atoms with E-state index in [1.807, 2.05) is 42.5 Å². The molecule has 168 valence electrons. The molecule has 3 aromatic rings. The van der Waals surface area contributed by atoms with E-state index in [2.05, 4.69) is 29.2 Å². The molecule has 1 amide bonds. The third-order valence-electron chi connectivity index (χ3n) is 5.84. The number of likely N-dealkylation sites (tertiary alicyclic amines) is 1. The van der Waals surface area contributed by atoms with Gasteiger partial charge in [-0.2, -0.15) is 0 Å². The molecule has 1 saturated heterocycles. The van der Waals surface area contributed by atoms with Crippen LogP contribution in [0.3, 0.4) is 0 Å². The van der Waals surface area contributed by atoms with E-state index in [1.54, 1.807) is 12.1 Å². The number of hydrogen-bond acceptors (Lipinski definition) is 5. The molecule has 6 nitrogen and oxygen atoms in total. The number of ether oxygens (including phenoxy) is 1. The summed E-state index contributed by atoms with van der Waals surface area (Å²) in [6.45, 7) is 6.53. The molecule has 1 N–H and O–H groups in total. The van der Waals surface area contributed by atoms with Crippen molar-refractivity contribution in [2.45, 2.75) is 39.3 Å². The Labute approximate surface area is 193 Å². The van der Waals surface area contributed by atoms with Crippen LogP contribution in [0.1, 0.15) is 32.4 Å². The van der Waals surface area contributed by atoms with Crippen LogP contribution in [0, 0.1) is 5.92 Å². The highest BCUT2D eigenvalue weighted by Crippen LogP contribution is 2.28. The third kappa shape index (κ3) is 5.50. The Balaban J connectivity index is 1.36. The van der Waals surface area contributed by atoms with Crippen LogP contribution in [-0.2, 0) is 11.4 Å². The number of aromatic nitrogens is 1. The second-order valence-corrected chi connectivity index (χ2v) is 8.80. The van der Waals surface area contributed by atoms with Crippen LogP contribution in [0.5, 0.6) is 5.75 Å². The summed E-state index contributed by atoms with van der Waals surface area (Å²) in [5, 5.41) is 7.82. The van der Waals surface area contributed by atoms with Gasteiger partial charge in [-0.15, -0.1) is 0 Å². The highest BCUT2D eigenvalue weighted by Gasteiger charge is 2.26. The maximum Gasteiger partial charge on any atom is 0.227 e. The summed E-state index contributed by atoms with van der Waals surface area (Å²) in [5.74, 6) is 1.33. The van der Waals surface area contributed by atoms with E-state index in [0.717, 1.165) is 31.5 Å². The lowest BCUT2D eigenvalue weighted by Crippen LogP contribution is -2.41. The SMILES string of the molecule is CC(C)N1CCC(C(=O)Nc2ccccc2OCc2cc(-c3ccc(Cl)cc3)on2)CC1. The first-order valence-electron chi connectivity index (χ1n) is 11.0. The Bertz CT molecular complexity index is 1040. The fourth-order valence-electron chi connectivity index (χ4n) is 3.89. The Morgan fingerprint density at radius 3 is 2.62 bits per heavy atom. The standard InChI is InChI=1S/C25H28ClN3O3/c1-17(2)29-13-11-19(12-14-29)25(30)27-22-5-3-4-6-23(22)31-16-21-15-24(32-28-21)18-7-9-20(26)10-8-18/h3-10,15,17,19H,11-14,16H2,1-2H3,(H,27,30). The normalized spacial score (nSPS) is 15.1. The second kappa shape index (κ2) is 10.2. The lowest BCUT2D eigenvalue weighted by atomic mass is 9.95. The number of halogens is 1. The van der Waals surface area contributed by atoms with Gasteiger partial charge in [0.05, 0.1) is 5.69 Å². The number of nitrogens with zero attached hydrogens (tertiary/aromatic N) is 2. The van der Waals surface area contributed by atoms with Gasteiger partial charge < -0.3 is 19.5 Å². The Morgan fingerprint density at radius 1 is 1.19 bits per heavy atom. The summed E-state index contributed by atoms with van der Waals surface area (Å²) in [6, 6.07) is 17.2. The van der Waals surface area contributed by atoms with Crippen molar-refractivity contribution in [3.8, 4) is 17.1 Å². The van der Waals surface area contributed by atoms with Gasteiger partial charge in [-0.25, -0.2) is 0 Å². The molecular formula is C25H28ClN3O3. The van der Waals surface area contributed by atoms with Crippen molar-refractivity contribution in [2.75, 3.05) is 18.4 Å². The molecule has 2 heterocycles. The zero-order chi connectivity index (χ0) is 22.5. The molecule has 1 aromatic heterocycles. The molecule has 1 fully saturated rings. The fourth-order valence-corrected chi connectivity index (χ4v) is 4.02. The Hall–Kier alpha value is -2.83. The Kier molecular flexibility index (Phi) is 7.12. The summed E-state index contributed by atoms with van der Waals surface area (Å²) in [7, 11) is 0. The van der Waals surface area contributed by atoms with E-state index in [4.69, 9.17) is 20.9 Å². The van der Waals surface area contributed by atoms with Crippen LogP contribution >= 0.6 is 11.6 Å². The Morgan fingerprint density at radius 2 is 1.91 bits per heavy atom. The molecule has 1 aliphatic heterocycles. The molecular weight excluding hydrogens is 426 g/mol. The second-order valence-electron chi connectivity index (χ2n) is 8.37. The number of carbonyl (C=O) groups is 1. The first-order chi connectivity index (χ1) is 15.5. The van der Waals surface area contributed by atoms with Gasteiger partial charge in [-0.1, -0.05) is 28.9 Å². The summed E-state index contributed by atoms with van der Waals surface area (Å²) >= 11 is 5.94. The molecule has 0 atom stereocenters. The fraction of sp³-hybridized carbons (Fsp3) is 0.360. The van der Waals surface area contributed by atoms with Gasteiger partial charge in [0.25, 0.3) is 0 Å². The molecule has 0 saturated carbocycles. The quantitative estimate of drug-likeness (QED) is 0.502. The lowest BCUT2D eigenvalue weighted by Gasteiger charge is -2.34. The van der Waals surface area contributed by atoms with Crippen molar-refractivity contribution in [1.29, 1.82) is 0 Å². The summed E-state index contributed by atoms with van der Waals surface area (Å²) in [6.07, 6.45) is 1.75. The van der Waals surface area contributed by atoms with Crippen LogP contribution in [-0.4, -0.2) is 35.1 Å². The van der Waals surface area contributed by atoms with Crippen molar-refractivity contribution in [3.05, 3.63) is 65.3 Å². The van der Waals surface area contributed by atoms with E-state index in [0.29, 0.717) is 34.0 Å². The molecule has 0 aliphatic carbocycles. The maximum absolute atomic E-state index is 12.8. The number of piperidine rings is 1. The van der Waals surface area contributed by atoms with E-state index in [1.165, 1.54) is 0 Å². The van der Waals surface area contributed by atoms with Crippen LogP contribution in [0.4, 0.5) is 5.69 Å². The third-order valence-corrected chi connectivity index (χ3v) is 6.09. The largest absolute Gasteiger partial charge is 0.485 e. The molecule has 2 aromatic carbocycles.